The summed E-state index contributed by atoms with van der Waals surface area (Å²) < 4.78 is 5.44. The fourth-order valence-corrected chi connectivity index (χ4v) is 3.99. The van der Waals surface area contributed by atoms with Crippen molar-refractivity contribution in [2.75, 3.05) is 13.1 Å². The second-order valence-electron chi connectivity index (χ2n) is 6.75. The lowest BCUT2D eigenvalue weighted by Crippen LogP contribution is -2.35. The second kappa shape index (κ2) is 7.44. The molecule has 0 spiro atoms. The number of aromatic nitrogens is 2. The number of rotatable bonds is 6. The van der Waals surface area contributed by atoms with Crippen LogP contribution in [0.2, 0.25) is 0 Å². The summed E-state index contributed by atoms with van der Waals surface area (Å²) >= 11 is 1.44. The van der Waals surface area contributed by atoms with Gasteiger partial charge in [-0.2, -0.15) is 0 Å². The molecule has 24 heavy (non-hydrogen) atoms. The molecule has 3 heterocycles. The van der Waals surface area contributed by atoms with E-state index in [-0.39, 0.29) is 5.69 Å². The van der Waals surface area contributed by atoms with Gasteiger partial charge >= 0.3 is 5.97 Å². The van der Waals surface area contributed by atoms with Crippen LogP contribution in [0.3, 0.4) is 0 Å². The van der Waals surface area contributed by atoms with Gasteiger partial charge in [-0.3, -0.25) is 4.90 Å². The lowest BCUT2D eigenvalue weighted by Gasteiger charge is -2.31. The first-order chi connectivity index (χ1) is 11.5. The summed E-state index contributed by atoms with van der Waals surface area (Å²) in [5.74, 6) is 0.861. The number of aromatic carboxylic acids is 1. The minimum atomic E-state index is -0.950. The van der Waals surface area contributed by atoms with E-state index in [1.807, 2.05) is 6.07 Å². The Bertz CT molecular complexity index is 695. The van der Waals surface area contributed by atoms with Crippen molar-refractivity contribution in [3.63, 3.8) is 0 Å². The number of piperidine rings is 1. The van der Waals surface area contributed by atoms with E-state index in [0.717, 1.165) is 55.4 Å². The van der Waals surface area contributed by atoms with Gasteiger partial charge in [0.25, 0.3) is 0 Å². The molecule has 1 aliphatic heterocycles. The summed E-state index contributed by atoms with van der Waals surface area (Å²) in [6, 6.07) is 2.05. The van der Waals surface area contributed by atoms with Gasteiger partial charge in [-0.15, -0.1) is 11.3 Å². The summed E-state index contributed by atoms with van der Waals surface area (Å²) in [4.78, 5) is 17.5. The van der Waals surface area contributed by atoms with Crippen molar-refractivity contribution >= 4 is 17.3 Å². The van der Waals surface area contributed by atoms with E-state index in [1.54, 1.807) is 5.38 Å². The summed E-state index contributed by atoms with van der Waals surface area (Å²) in [6.07, 6.45) is 3.15. The number of carboxylic acid groups (broad SMARTS) is 1. The highest BCUT2D eigenvalue weighted by molar-refractivity contribution is 7.09. The molecule has 2 aromatic heterocycles. The maximum absolute atomic E-state index is 10.9. The molecule has 0 radical (unpaired) electrons. The molecule has 1 aliphatic rings. The number of thiazole rings is 1. The first-order valence-electron chi connectivity index (χ1n) is 8.37. The third-order valence-corrected chi connectivity index (χ3v) is 5.26. The summed E-state index contributed by atoms with van der Waals surface area (Å²) in [6.45, 7) is 7.05. The van der Waals surface area contributed by atoms with E-state index >= 15 is 0 Å². The van der Waals surface area contributed by atoms with Crippen molar-refractivity contribution in [2.24, 2.45) is 5.92 Å². The van der Waals surface area contributed by atoms with Crippen LogP contribution in [0.1, 0.15) is 59.6 Å². The fraction of sp³-hybridized carbons (Fsp3) is 0.588. The van der Waals surface area contributed by atoms with Crippen molar-refractivity contribution in [3.8, 4) is 0 Å². The molecule has 1 atom stereocenters. The number of hydrogen-bond donors (Lipinski definition) is 1. The first kappa shape index (κ1) is 17.1. The SMILES string of the molecule is CC(C)c1cc(CN2CCCC(Cc3nc(C(=O)O)cs3)C2)on1. The summed E-state index contributed by atoms with van der Waals surface area (Å²) in [5.41, 5.74) is 1.16. The second-order valence-corrected chi connectivity index (χ2v) is 7.69. The number of carboxylic acids is 1. The Balaban J connectivity index is 1.56. The molecule has 130 valence electrons. The summed E-state index contributed by atoms with van der Waals surface area (Å²) in [7, 11) is 0. The average Bonchev–Trinajstić information content (AvgIpc) is 3.17. The van der Waals surface area contributed by atoms with Crippen LogP contribution in [0.15, 0.2) is 16.0 Å². The molecule has 1 saturated heterocycles. The van der Waals surface area contributed by atoms with Gasteiger partial charge in [0.2, 0.25) is 0 Å². The van der Waals surface area contributed by atoms with Gasteiger partial charge in [0.15, 0.2) is 11.5 Å². The van der Waals surface area contributed by atoms with E-state index in [0.29, 0.717) is 11.8 Å². The van der Waals surface area contributed by atoms with Gasteiger partial charge in [0, 0.05) is 24.4 Å². The monoisotopic (exact) mass is 349 g/mol. The third kappa shape index (κ3) is 4.21. The number of nitrogens with zero attached hydrogens (tertiary/aromatic N) is 3. The molecule has 0 aromatic carbocycles. The van der Waals surface area contributed by atoms with Crippen LogP contribution in [-0.2, 0) is 13.0 Å². The van der Waals surface area contributed by atoms with E-state index in [2.05, 4.69) is 28.9 Å². The topological polar surface area (TPSA) is 79.5 Å². The van der Waals surface area contributed by atoms with Gasteiger partial charge in [0.05, 0.1) is 17.2 Å². The zero-order valence-corrected chi connectivity index (χ0v) is 14.9. The van der Waals surface area contributed by atoms with E-state index in [1.165, 1.54) is 11.3 Å². The standard InChI is InChI=1S/C17H23N3O3S/c1-11(2)14-7-13(23-19-14)9-20-5-3-4-12(8-20)6-16-18-15(10-24-16)17(21)22/h7,10-12H,3-6,8-9H2,1-2H3,(H,21,22). The predicted molar refractivity (Wildman–Crippen MR) is 91.4 cm³/mol. The molecule has 7 heteroatoms. The molecule has 1 N–H and O–H groups in total. The Morgan fingerprint density at radius 3 is 3.04 bits per heavy atom. The Hall–Kier alpha value is -1.73. The van der Waals surface area contributed by atoms with Crippen LogP contribution in [0.5, 0.6) is 0 Å². The van der Waals surface area contributed by atoms with Crippen LogP contribution in [0.4, 0.5) is 0 Å². The van der Waals surface area contributed by atoms with Crippen LogP contribution in [-0.4, -0.2) is 39.2 Å². The zero-order valence-electron chi connectivity index (χ0n) is 14.1. The van der Waals surface area contributed by atoms with Gasteiger partial charge < -0.3 is 9.63 Å². The van der Waals surface area contributed by atoms with Gasteiger partial charge in [-0.25, -0.2) is 9.78 Å². The van der Waals surface area contributed by atoms with Crippen molar-refractivity contribution in [1.82, 2.24) is 15.0 Å². The van der Waals surface area contributed by atoms with E-state index < -0.39 is 5.97 Å². The van der Waals surface area contributed by atoms with Crippen molar-refractivity contribution < 1.29 is 14.4 Å². The average molecular weight is 349 g/mol. The van der Waals surface area contributed by atoms with Gasteiger partial charge in [-0.1, -0.05) is 19.0 Å². The Kier molecular flexibility index (Phi) is 5.30. The number of carbonyl (C=O) groups is 1. The predicted octanol–water partition coefficient (Wildman–Crippen LogP) is 3.41. The minimum absolute atomic E-state index is 0.158. The van der Waals surface area contributed by atoms with Crippen LogP contribution < -0.4 is 0 Å². The van der Waals surface area contributed by atoms with E-state index in [4.69, 9.17) is 9.63 Å². The van der Waals surface area contributed by atoms with Crippen molar-refractivity contribution in [1.29, 1.82) is 0 Å². The molecular formula is C17H23N3O3S. The molecule has 0 amide bonds. The minimum Gasteiger partial charge on any atom is -0.476 e. The maximum Gasteiger partial charge on any atom is 0.355 e. The smallest absolute Gasteiger partial charge is 0.355 e. The lowest BCUT2D eigenvalue weighted by atomic mass is 9.95. The molecule has 0 saturated carbocycles. The van der Waals surface area contributed by atoms with E-state index in [9.17, 15) is 4.79 Å². The molecule has 1 fully saturated rings. The van der Waals surface area contributed by atoms with Crippen molar-refractivity contribution in [3.05, 3.63) is 33.6 Å². The Morgan fingerprint density at radius 2 is 2.38 bits per heavy atom. The van der Waals surface area contributed by atoms with Crippen LogP contribution in [0, 0.1) is 5.92 Å². The van der Waals surface area contributed by atoms with Crippen molar-refractivity contribution in [2.45, 2.75) is 45.6 Å². The maximum atomic E-state index is 10.9. The largest absolute Gasteiger partial charge is 0.476 e. The quantitative estimate of drug-likeness (QED) is 0.861. The third-order valence-electron chi connectivity index (χ3n) is 4.39. The molecule has 2 aromatic rings. The van der Waals surface area contributed by atoms with Crippen LogP contribution >= 0.6 is 11.3 Å². The summed E-state index contributed by atoms with van der Waals surface area (Å²) in [5, 5.41) is 15.6. The van der Waals surface area contributed by atoms with Gasteiger partial charge in [0.1, 0.15) is 0 Å². The molecule has 3 rings (SSSR count). The lowest BCUT2D eigenvalue weighted by molar-refractivity contribution is 0.0691. The molecule has 6 nitrogen and oxygen atoms in total. The highest BCUT2D eigenvalue weighted by Gasteiger charge is 2.23. The number of likely N-dealkylation sites (tertiary alicyclic amines) is 1. The van der Waals surface area contributed by atoms with Crippen LogP contribution in [0.25, 0.3) is 0 Å². The fourth-order valence-electron chi connectivity index (χ4n) is 3.11. The van der Waals surface area contributed by atoms with Gasteiger partial charge in [-0.05, 0) is 31.2 Å². The molecule has 1 unspecified atom stereocenters. The molecule has 0 aliphatic carbocycles. The Morgan fingerprint density at radius 1 is 1.54 bits per heavy atom. The highest BCUT2D eigenvalue weighted by atomic mass is 32.1. The normalized spacial score (nSPS) is 19.0. The Labute approximate surface area is 145 Å². The zero-order chi connectivity index (χ0) is 17.1. The molecular weight excluding hydrogens is 326 g/mol. The highest BCUT2D eigenvalue weighted by Crippen LogP contribution is 2.24. The molecule has 0 bridgehead atoms. The number of hydrogen-bond acceptors (Lipinski definition) is 6. The first-order valence-corrected chi connectivity index (χ1v) is 9.24.